The van der Waals surface area contributed by atoms with Gasteiger partial charge in [-0.3, -0.25) is 4.98 Å². The Hall–Kier alpha value is -1.37. The monoisotopic (exact) mass is 239 g/mol. The summed E-state index contributed by atoms with van der Waals surface area (Å²) in [5, 5.41) is 8.69. The maximum Gasteiger partial charge on any atom is 0.340 e. The Kier molecular flexibility index (Phi) is 4.05. The third-order valence-electron chi connectivity index (χ3n) is 1.70. The molecule has 0 spiro atoms. The number of aromatic nitrogens is 1. The highest BCUT2D eigenvalue weighted by Gasteiger charge is 2.41. The molecular formula is C9H9F4NO2. The minimum Gasteiger partial charge on any atom is -0.487 e. The van der Waals surface area contributed by atoms with Crippen LogP contribution in [0.3, 0.4) is 0 Å². The van der Waals surface area contributed by atoms with Crippen LogP contribution in [0.2, 0.25) is 0 Å². The molecule has 0 aliphatic carbocycles. The van der Waals surface area contributed by atoms with Crippen LogP contribution in [0, 0.1) is 0 Å². The number of pyridine rings is 1. The van der Waals surface area contributed by atoms with Crippen molar-refractivity contribution in [3.8, 4) is 5.75 Å². The number of ether oxygens (including phenoxy) is 1. The van der Waals surface area contributed by atoms with Crippen molar-refractivity contribution in [2.75, 3.05) is 6.61 Å². The molecule has 0 unspecified atom stereocenters. The third kappa shape index (κ3) is 3.34. The third-order valence-corrected chi connectivity index (χ3v) is 1.70. The number of halogens is 4. The summed E-state index contributed by atoms with van der Waals surface area (Å²) in [5.41, 5.74) is 0.206. The number of aliphatic hydroxyl groups excluding tert-OH is 1. The van der Waals surface area contributed by atoms with Crippen LogP contribution in [0.4, 0.5) is 17.6 Å². The second kappa shape index (κ2) is 5.11. The number of hydrogen-bond acceptors (Lipinski definition) is 3. The quantitative estimate of drug-likeness (QED) is 0.797. The van der Waals surface area contributed by atoms with E-state index in [9.17, 15) is 17.6 Å². The highest BCUT2D eigenvalue weighted by Crippen LogP contribution is 2.24. The summed E-state index contributed by atoms with van der Waals surface area (Å²) >= 11 is 0. The fourth-order valence-electron chi connectivity index (χ4n) is 0.875. The first-order valence-electron chi connectivity index (χ1n) is 4.30. The van der Waals surface area contributed by atoms with Gasteiger partial charge < -0.3 is 9.84 Å². The molecule has 0 aromatic carbocycles. The minimum atomic E-state index is -4.19. The predicted octanol–water partition coefficient (Wildman–Crippen LogP) is 1.85. The smallest absolute Gasteiger partial charge is 0.340 e. The molecule has 1 aromatic rings. The standard InChI is InChI=1S/C9H9F4NO2/c10-8(11)9(12,13)5-16-7-1-2-14-6(3-7)4-15/h1-3,8,15H,4-5H2. The summed E-state index contributed by atoms with van der Waals surface area (Å²) < 4.78 is 53.0. The van der Waals surface area contributed by atoms with Crippen LogP contribution in [0.25, 0.3) is 0 Å². The number of hydrogen-bond donors (Lipinski definition) is 1. The summed E-state index contributed by atoms with van der Waals surface area (Å²) in [6, 6.07) is 2.43. The van der Waals surface area contributed by atoms with E-state index in [1.807, 2.05) is 0 Å². The molecule has 0 aliphatic rings. The van der Waals surface area contributed by atoms with Gasteiger partial charge in [-0.1, -0.05) is 0 Å². The minimum absolute atomic E-state index is 0.0422. The molecule has 0 atom stereocenters. The topological polar surface area (TPSA) is 42.4 Å². The van der Waals surface area contributed by atoms with E-state index < -0.39 is 19.0 Å². The molecular weight excluding hydrogens is 230 g/mol. The van der Waals surface area contributed by atoms with Gasteiger partial charge in [0.05, 0.1) is 12.3 Å². The van der Waals surface area contributed by atoms with Crippen LogP contribution in [0.1, 0.15) is 5.69 Å². The van der Waals surface area contributed by atoms with E-state index in [0.29, 0.717) is 0 Å². The molecule has 90 valence electrons. The molecule has 1 N–H and O–H groups in total. The fraction of sp³-hybridized carbons (Fsp3) is 0.444. The first-order chi connectivity index (χ1) is 7.45. The van der Waals surface area contributed by atoms with E-state index in [-0.39, 0.29) is 18.1 Å². The Balaban J connectivity index is 2.60. The maximum absolute atomic E-state index is 12.5. The zero-order valence-electron chi connectivity index (χ0n) is 8.04. The zero-order valence-corrected chi connectivity index (χ0v) is 8.04. The van der Waals surface area contributed by atoms with Crippen LogP contribution in [-0.2, 0) is 6.61 Å². The van der Waals surface area contributed by atoms with Gasteiger partial charge in [-0.25, -0.2) is 8.78 Å². The Bertz CT molecular complexity index is 346. The van der Waals surface area contributed by atoms with Gasteiger partial charge in [0.2, 0.25) is 0 Å². The fourth-order valence-corrected chi connectivity index (χ4v) is 0.875. The zero-order chi connectivity index (χ0) is 12.2. The van der Waals surface area contributed by atoms with E-state index in [0.717, 1.165) is 0 Å². The van der Waals surface area contributed by atoms with Crippen molar-refractivity contribution in [1.29, 1.82) is 0 Å². The first-order valence-corrected chi connectivity index (χ1v) is 4.30. The normalized spacial score (nSPS) is 11.9. The molecule has 0 radical (unpaired) electrons. The van der Waals surface area contributed by atoms with Crippen LogP contribution in [-0.4, -0.2) is 29.0 Å². The lowest BCUT2D eigenvalue weighted by Gasteiger charge is -2.15. The molecule has 0 bridgehead atoms. The van der Waals surface area contributed by atoms with Crippen LogP contribution in [0.5, 0.6) is 5.75 Å². The highest BCUT2D eigenvalue weighted by molar-refractivity contribution is 5.22. The lowest BCUT2D eigenvalue weighted by atomic mass is 10.3. The van der Waals surface area contributed by atoms with E-state index >= 15 is 0 Å². The molecule has 0 aliphatic heterocycles. The number of aliphatic hydroxyl groups is 1. The largest absolute Gasteiger partial charge is 0.487 e. The second-order valence-electron chi connectivity index (χ2n) is 2.99. The van der Waals surface area contributed by atoms with E-state index in [2.05, 4.69) is 9.72 Å². The lowest BCUT2D eigenvalue weighted by Crippen LogP contribution is -2.33. The van der Waals surface area contributed by atoms with Crippen LogP contribution < -0.4 is 4.74 Å². The first kappa shape index (κ1) is 12.7. The lowest BCUT2D eigenvalue weighted by molar-refractivity contribution is -0.148. The summed E-state index contributed by atoms with van der Waals surface area (Å²) in [4.78, 5) is 3.67. The SMILES string of the molecule is OCc1cc(OCC(F)(F)C(F)F)ccn1. The summed E-state index contributed by atoms with van der Waals surface area (Å²) in [5.74, 6) is -4.23. The Morgan fingerprint density at radius 1 is 1.44 bits per heavy atom. The molecule has 1 aromatic heterocycles. The highest BCUT2D eigenvalue weighted by atomic mass is 19.3. The van der Waals surface area contributed by atoms with Gasteiger partial charge in [0, 0.05) is 12.3 Å². The molecule has 7 heteroatoms. The van der Waals surface area contributed by atoms with E-state index in [1.165, 1.54) is 18.3 Å². The number of alkyl halides is 4. The summed E-state index contributed by atoms with van der Waals surface area (Å²) in [6.07, 6.45) is -2.55. The molecule has 0 saturated heterocycles. The summed E-state index contributed by atoms with van der Waals surface area (Å²) in [7, 11) is 0. The van der Waals surface area contributed by atoms with Gasteiger partial charge in [-0.2, -0.15) is 8.78 Å². The van der Waals surface area contributed by atoms with Crippen molar-refractivity contribution in [3.63, 3.8) is 0 Å². The van der Waals surface area contributed by atoms with Crippen molar-refractivity contribution in [1.82, 2.24) is 4.98 Å². The number of nitrogens with zero attached hydrogens (tertiary/aromatic N) is 1. The predicted molar refractivity (Wildman–Crippen MR) is 46.6 cm³/mol. The van der Waals surface area contributed by atoms with Gasteiger partial charge >= 0.3 is 12.3 Å². The molecule has 1 heterocycles. The second-order valence-corrected chi connectivity index (χ2v) is 2.99. The molecule has 0 saturated carbocycles. The Morgan fingerprint density at radius 3 is 2.69 bits per heavy atom. The van der Waals surface area contributed by atoms with E-state index in [1.54, 1.807) is 0 Å². The molecule has 16 heavy (non-hydrogen) atoms. The van der Waals surface area contributed by atoms with Crippen molar-refractivity contribution >= 4 is 0 Å². The summed E-state index contributed by atoms with van der Waals surface area (Å²) in [6.45, 7) is -1.80. The molecule has 0 fully saturated rings. The van der Waals surface area contributed by atoms with Gasteiger partial charge in [0.25, 0.3) is 0 Å². The average molecular weight is 239 g/mol. The van der Waals surface area contributed by atoms with Crippen LogP contribution >= 0.6 is 0 Å². The van der Waals surface area contributed by atoms with Crippen molar-refractivity contribution in [2.45, 2.75) is 19.0 Å². The average Bonchev–Trinajstić information content (AvgIpc) is 2.26. The van der Waals surface area contributed by atoms with Gasteiger partial charge in [0.1, 0.15) is 5.75 Å². The number of rotatable bonds is 5. The van der Waals surface area contributed by atoms with Gasteiger partial charge in [-0.15, -0.1) is 0 Å². The van der Waals surface area contributed by atoms with Crippen LogP contribution in [0.15, 0.2) is 18.3 Å². The molecule has 1 rings (SSSR count). The Morgan fingerprint density at radius 2 is 2.12 bits per heavy atom. The maximum atomic E-state index is 12.5. The Labute approximate surface area is 88.7 Å². The molecule has 0 amide bonds. The van der Waals surface area contributed by atoms with Gasteiger partial charge in [-0.05, 0) is 6.07 Å². The van der Waals surface area contributed by atoms with E-state index in [4.69, 9.17) is 5.11 Å². The molecule has 3 nitrogen and oxygen atoms in total. The van der Waals surface area contributed by atoms with Gasteiger partial charge in [0.15, 0.2) is 6.61 Å². The van der Waals surface area contributed by atoms with Crippen molar-refractivity contribution < 1.29 is 27.4 Å². The van der Waals surface area contributed by atoms with Crippen molar-refractivity contribution in [2.24, 2.45) is 0 Å². The van der Waals surface area contributed by atoms with Crippen molar-refractivity contribution in [3.05, 3.63) is 24.0 Å².